The molecule has 0 radical (unpaired) electrons. The first kappa shape index (κ1) is 13.5. The zero-order valence-electron chi connectivity index (χ0n) is 11.6. The van der Waals surface area contributed by atoms with Crippen molar-refractivity contribution < 1.29 is 4.39 Å². The monoisotopic (exact) mass is 258 g/mol. The van der Waals surface area contributed by atoms with Crippen molar-refractivity contribution in [1.82, 2.24) is 4.98 Å². The van der Waals surface area contributed by atoms with Gasteiger partial charge in [0.1, 0.15) is 5.82 Å². The highest BCUT2D eigenvalue weighted by molar-refractivity contribution is 5.58. The third-order valence-electron chi connectivity index (χ3n) is 3.29. The molecule has 1 N–H and O–H groups in total. The molecule has 19 heavy (non-hydrogen) atoms. The van der Waals surface area contributed by atoms with Crippen molar-refractivity contribution in [2.75, 3.05) is 5.32 Å². The summed E-state index contributed by atoms with van der Waals surface area (Å²) in [5.41, 5.74) is 4.50. The number of para-hydroxylation sites is 1. The lowest BCUT2D eigenvalue weighted by Crippen LogP contribution is -2.11. The maximum absolute atomic E-state index is 12.9. The lowest BCUT2D eigenvalue weighted by molar-refractivity contribution is 0.617. The molecule has 0 amide bonds. The highest BCUT2D eigenvalue weighted by Crippen LogP contribution is 2.25. The molecule has 100 valence electrons. The van der Waals surface area contributed by atoms with Crippen LogP contribution < -0.4 is 5.32 Å². The molecule has 0 aliphatic rings. The van der Waals surface area contributed by atoms with Crippen molar-refractivity contribution >= 4 is 5.69 Å². The molecule has 1 atom stereocenters. The average Bonchev–Trinajstić information content (AvgIpc) is 2.41. The molecule has 2 nitrogen and oxygen atoms in total. The van der Waals surface area contributed by atoms with Crippen molar-refractivity contribution in [3.8, 4) is 0 Å². The van der Waals surface area contributed by atoms with Gasteiger partial charge in [0.2, 0.25) is 0 Å². The van der Waals surface area contributed by atoms with Crippen LogP contribution in [0.5, 0.6) is 0 Å². The van der Waals surface area contributed by atoms with Gasteiger partial charge in [-0.2, -0.15) is 0 Å². The van der Waals surface area contributed by atoms with E-state index in [1.807, 2.05) is 6.92 Å². The van der Waals surface area contributed by atoms with Gasteiger partial charge in [0.25, 0.3) is 0 Å². The third kappa shape index (κ3) is 3.11. The number of rotatable bonds is 4. The van der Waals surface area contributed by atoms with Gasteiger partial charge < -0.3 is 5.32 Å². The van der Waals surface area contributed by atoms with E-state index in [2.05, 4.69) is 42.3 Å². The average molecular weight is 258 g/mol. The maximum atomic E-state index is 12.9. The Morgan fingerprint density at radius 2 is 2.05 bits per heavy atom. The van der Waals surface area contributed by atoms with Crippen molar-refractivity contribution in [3.05, 3.63) is 59.2 Å². The van der Waals surface area contributed by atoms with Gasteiger partial charge in [-0.15, -0.1) is 0 Å². The fourth-order valence-corrected chi connectivity index (χ4v) is 2.16. The number of aryl methyl sites for hydroxylation is 2. The first-order valence-electron chi connectivity index (χ1n) is 6.58. The molecule has 0 spiro atoms. The normalized spacial score (nSPS) is 12.2. The van der Waals surface area contributed by atoms with E-state index in [1.54, 1.807) is 6.07 Å². The Labute approximate surface area is 113 Å². The molecule has 1 unspecified atom stereocenters. The zero-order chi connectivity index (χ0) is 13.8. The molecular formula is C16H19FN2. The number of pyridine rings is 1. The van der Waals surface area contributed by atoms with Crippen LogP contribution in [0.1, 0.15) is 36.7 Å². The fraction of sp³-hybridized carbons (Fsp3) is 0.312. The minimum atomic E-state index is -0.305. The summed E-state index contributed by atoms with van der Waals surface area (Å²) in [5, 5.41) is 3.48. The maximum Gasteiger partial charge on any atom is 0.141 e. The molecule has 0 saturated carbocycles. The Kier molecular flexibility index (Phi) is 4.15. The van der Waals surface area contributed by atoms with Gasteiger partial charge in [-0.1, -0.05) is 25.1 Å². The van der Waals surface area contributed by atoms with Crippen LogP contribution in [0.25, 0.3) is 0 Å². The third-order valence-corrected chi connectivity index (χ3v) is 3.29. The second-order valence-corrected chi connectivity index (χ2v) is 4.73. The lowest BCUT2D eigenvalue weighted by Gasteiger charge is -2.19. The van der Waals surface area contributed by atoms with Crippen molar-refractivity contribution in [3.63, 3.8) is 0 Å². The standard InChI is InChI=1S/C16H19FN2/c1-4-13-7-5-6-11(2)16(13)19-12(3)15-9-8-14(17)10-18-15/h5-10,12,19H,4H2,1-3H3. The Morgan fingerprint density at radius 1 is 1.26 bits per heavy atom. The molecule has 0 aliphatic heterocycles. The SMILES string of the molecule is CCc1cccc(C)c1NC(C)c1ccc(F)cn1. The van der Waals surface area contributed by atoms with E-state index in [0.29, 0.717) is 0 Å². The second kappa shape index (κ2) is 5.83. The van der Waals surface area contributed by atoms with Crippen molar-refractivity contribution in [2.45, 2.75) is 33.2 Å². The van der Waals surface area contributed by atoms with E-state index < -0.39 is 0 Å². The molecule has 1 aromatic heterocycles. The summed E-state index contributed by atoms with van der Waals surface area (Å²) >= 11 is 0. The molecule has 3 heteroatoms. The number of hydrogen-bond donors (Lipinski definition) is 1. The van der Waals surface area contributed by atoms with Gasteiger partial charge in [0.05, 0.1) is 17.9 Å². The largest absolute Gasteiger partial charge is 0.377 e. The van der Waals surface area contributed by atoms with Crippen LogP contribution in [0.2, 0.25) is 0 Å². The molecule has 1 aromatic carbocycles. The van der Waals surface area contributed by atoms with Gasteiger partial charge in [-0.25, -0.2) is 4.39 Å². The van der Waals surface area contributed by atoms with E-state index in [0.717, 1.165) is 17.8 Å². The molecule has 0 saturated heterocycles. The van der Waals surface area contributed by atoms with E-state index in [1.165, 1.54) is 23.4 Å². The Morgan fingerprint density at radius 3 is 2.68 bits per heavy atom. The number of anilines is 1. The van der Waals surface area contributed by atoms with E-state index in [4.69, 9.17) is 0 Å². The second-order valence-electron chi connectivity index (χ2n) is 4.73. The zero-order valence-corrected chi connectivity index (χ0v) is 11.6. The van der Waals surface area contributed by atoms with Gasteiger partial charge in [-0.3, -0.25) is 4.98 Å². The smallest absolute Gasteiger partial charge is 0.141 e. The number of aromatic nitrogens is 1. The summed E-state index contributed by atoms with van der Waals surface area (Å²) in [4.78, 5) is 4.12. The number of nitrogens with zero attached hydrogens (tertiary/aromatic N) is 1. The Balaban J connectivity index is 2.23. The van der Waals surface area contributed by atoms with Crippen molar-refractivity contribution in [1.29, 1.82) is 0 Å². The summed E-state index contributed by atoms with van der Waals surface area (Å²) in [6.07, 6.45) is 2.24. The number of nitrogens with one attached hydrogen (secondary N) is 1. The Bertz CT molecular complexity index is 549. The van der Waals surface area contributed by atoms with E-state index in [9.17, 15) is 4.39 Å². The first-order valence-corrected chi connectivity index (χ1v) is 6.58. The fourth-order valence-electron chi connectivity index (χ4n) is 2.16. The van der Waals surface area contributed by atoms with Gasteiger partial charge in [-0.05, 0) is 43.5 Å². The quantitative estimate of drug-likeness (QED) is 0.886. The van der Waals surface area contributed by atoms with Gasteiger partial charge in [0, 0.05) is 5.69 Å². The van der Waals surface area contributed by atoms with Crippen LogP contribution in [0.4, 0.5) is 10.1 Å². The minimum absolute atomic E-state index is 0.0481. The number of benzene rings is 1. The van der Waals surface area contributed by atoms with Crippen molar-refractivity contribution in [2.24, 2.45) is 0 Å². The molecule has 0 aliphatic carbocycles. The number of halogens is 1. The van der Waals surface area contributed by atoms with Crippen LogP contribution in [0, 0.1) is 12.7 Å². The van der Waals surface area contributed by atoms with Crippen LogP contribution in [0.3, 0.4) is 0 Å². The van der Waals surface area contributed by atoms with E-state index in [-0.39, 0.29) is 11.9 Å². The first-order chi connectivity index (χ1) is 9.11. The number of hydrogen-bond acceptors (Lipinski definition) is 2. The summed E-state index contributed by atoms with van der Waals surface area (Å²) in [6, 6.07) is 9.50. The summed E-state index contributed by atoms with van der Waals surface area (Å²) in [7, 11) is 0. The summed E-state index contributed by atoms with van der Waals surface area (Å²) < 4.78 is 12.9. The lowest BCUT2D eigenvalue weighted by atomic mass is 10.0. The van der Waals surface area contributed by atoms with E-state index >= 15 is 0 Å². The van der Waals surface area contributed by atoms with Crippen LogP contribution >= 0.6 is 0 Å². The predicted octanol–water partition coefficient (Wildman–Crippen LogP) is 4.26. The molecule has 0 bridgehead atoms. The van der Waals surface area contributed by atoms with Crippen LogP contribution in [-0.4, -0.2) is 4.98 Å². The van der Waals surface area contributed by atoms with Gasteiger partial charge >= 0.3 is 0 Å². The molecule has 2 aromatic rings. The highest BCUT2D eigenvalue weighted by Gasteiger charge is 2.10. The highest BCUT2D eigenvalue weighted by atomic mass is 19.1. The molecular weight excluding hydrogens is 239 g/mol. The topological polar surface area (TPSA) is 24.9 Å². The summed E-state index contributed by atoms with van der Waals surface area (Å²) in [6.45, 7) is 6.26. The van der Waals surface area contributed by atoms with Gasteiger partial charge in [0.15, 0.2) is 0 Å². The predicted molar refractivity (Wildman–Crippen MR) is 76.8 cm³/mol. The molecule has 0 fully saturated rings. The van der Waals surface area contributed by atoms with Crippen LogP contribution in [0.15, 0.2) is 36.5 Å². The van der Waals surface area contributed by atoms with Crippen LogP contribution in [-0.2, 0) is 6.42 Å². The Hall–Kier alpha value is -1.90. The summed E-state index contributed by atoms with van der Waals surface area (Å²) in [5.74, 6) is -0.305. The molecule has 1 heterocycles. The molecule has 2 rings (SSSR count). The minimum Gasteiger partial charge on any atom is -0.377 e.